The van der Waals surface area contributed by atoms with Gasteiger partial charge in [-0.2, -0.15) is 0 Å². The van der Waals surface area contributed by atoms with E-state index in [1.54, 1.807) is 0 Å². The highest BCUT2D eigenvalue weighted by atomic mass is 32.1. The van der Waals surface area contributed by atoms with Crippen molar-refractivity contribution in [2.24, 2.45) is 0 Å². The van der Waals surface area contributed by atoms with Gasteiger partial charge in [0.1, 0.15) is 11.6 Å². The lowest BCUT2D eigenvalue weighted by Gasteiger charge is -2.15. The number of hydrogen-bond donors (Lipinski definition) is 0. The molecule has 0 atom stereocenters. The molecule has 0 aliphatic carbocycles. The van der Waals surface area contributed by atoms with Crippen molar-refractivity contribution in [3.05, 3.63) is 352 Å². The van der Waals surface area contributed by atoms with Gasteiger partial charge in [0.05, 0.1) is 31.5 Å². The lowest BCUT2D eigenvalue weighted by atomic mass is 9.89. The molecule has 0 aliphatic heterocycles. The summed E-state index contributed by atoms with van der Waals surface area (Å²) in [6, 6.07) is 123. The summed E-state index contributed by atoms with van der Waals surface area (Å²) in [6.45, 7) is 0. The summed E-state index contributed by atoms with van der Waals surface area (Å²) in [5.41, 5.74) is 15.3. The Bertz CT molecular complexity index is 7930. The highest BCUT2D eigenvalue weighted by Crippen LogP contribution is 2.55. The molecular formula is C100H58N6S2. The normalized spacial score (nSPS) is 12.1. The second kappa shape index (κ2) is 23.9. The highest BCUT2D eigenvalue weighted by molar-refractivity contribution is 7.27. The van der Waals surface area contributed by atoms with E-state index in [0.29, 0.717) is 0 Å². The van der Waals surface area contributed by atoms with Crippen LogP contribution in [0.3, 0.4) is 0 Å². The third kappa shape index (κ3) is 8.99. The lowest BCUT2D eigenvalue weighted by molar-refractivity contribution is 1.09. The molecule has 24 aromatic rings. The summed E-state index contributed by atoms with van der Waals surface area (Å²) in [5, 5.41) is 27.6. The van der Waals surface area contributed by atoms with Crippen LogP contribution in [-0.4, -0.2) is 29.1 Å². The van der Waals surface area contributed by atoms with Gasteiger partial charge in [0.15, 0.2) is 11.3 Å². The van der Waals surface area contributed by atoms with Crippen LogP contribution in [-0.2, 0) is 0 Å². The first-order valence-electron chi connectivity index (χ1n) is 36.7. The smallest absolute Gasteiger partial charge is 0.162 e. The van der Waals surface area contributed by atoms with E-state index in [0.717, 1.165) is 67.0 Å². The number of thiophene rings is 2. The van der Waals surface area contributed by atoms with Crippen LogP contribution < -0.4 is 0 Å². The van der Waals surface area contributed by atoms with E-state index in [-0.39, 0.29) is 0 Å². The summed E-state index contributed by atoms with van der Waals surface area (Å²) in [4.78, 5) is 20.5. The number of pyridine rings is 4. The fourth-order valence-electron chi connectivity index (χ4n) is 17.9. The topological polar surface area (TPSA) is 61.4 Å². The molecule has 0 fully saturated rings. The van der Waals surface area contributed by atoms with Crippen molar-refractivity contribution in [2.45, 2.75) is 0 Å². The number of fused-ring (bicyclic) bond motifs is 32. The van der Waals surface area contributed by atoms with E-state index < -0.39 is 0 Å². The molecule has 0 spiro atoms. The number of para-hydroxylation sites is 2. The third-order valence-electron chi connectivity index (χ3n) is 22.4. The molecule has 0 radical (unpaired) electrons. The molecule has 0 unspecified atom stereocenters. The minimum atomic E-state index is 0.728. The first kappa shape index (κ1) is 60.6. The van der Waals surface area contributed by atoms with Crippen LogP contribution in [0.5, 0.6) is 0 Å². The molecule has 0 saturated heterocycles. The lowest BCUT2D eigenvalue weighted by Crippen LogP contribution is -2.00. The van der Waals surface area contributed by atoms with Gasteiger partial charge >= 0.3 is 0 Å². The minimum absolute atomic E-state index is 0.728. The highest BCUT2D eigenvalue weighted by Gasteiger charge is 2.29. The third-order valence-corrected chi connectivity index (χ3v) is 24.8. The molecule has 16 aromatic carbocycles. The molecule has 8 heteroatoms. The van der Waals surface area contributed by atoms with Crippen molar-refractivity contribution >= 4 is 193 Å². The van der Waals surface area contributed by atoms with Gasteiger partial charge in [0.2, 0.25) is 0 Å². The van der Waals surface area contributed by atoms with E-state index in [1.807, 2.05) is 47.2 Å². The van der Waals surface area contributed by atoms with Gasteiger partial charge in [-0.15, -0.1) is 22.7 Å². The Kier molecular flexibility index (Phi) is 13.4. The van der Waals surface area contributed by atoms with Crippen molar-refractivity contribution < 1.29 is 0 Å². The fraction of sp³-hybridized carbons (Fsp3) is 0. The number of benzene rings is 16. The summed E-state index contributed by atoms with van der Waals surface area (Å²) < 4.78 is 9.94. The van der Waals surface area contributed by atoms with Gasteiger partial charge in [0.25, 0.3) is 0 Å². The average Bonchev–Trinajstić information content (AvgIpc) is 1.50. The number of nitrogens with zero attached hydrogens (tertiary/aromatic N) is 6. The van der Waals surface area contributed by atoms with Crippen molar-refractivity contribution in [2.75, 3.05) is 0 Å². The SMILES string of the molecule is c1ccc(-c2ccc(-c3cc(-n4c5ccccc5c5c6c7ccccc7c7ccccc7c6c6c7ccccc7sc6c54)nc4ncccc34)cc2)cc1.c1ccc(-c2cccc(-c3cc(-n4c5ccccc5c5c6c7ccccc7c7ccccc7c6c6c7ccccc7sc6c54)nc4ncccc34)c2)cc1. The van der Waals surface area contributed by atoms with Gasteiger partial charge in [-0.1, -0.05) is 273 Å². The zero-order chi connectivity index (χ0) is 70.7. The monoisotopic (exact) mass is 1410 g/mol. The second-order valence-electron chi connectivity index (χ2n) is 28.1. The van der Waals surface area contributed by atoms with E-state index in [4.69, 9.17) is 19.9 Å². The Morgan fingerprint density at radius 3 is 0.991 bits per heavy atom. The van der Waals surface area contributed by atoms with Crippen molar-refractivity contribution in [1.82, 2.24) is 29.1 Å². The molecule has 6 nitrogen and oxygen atoms in total. The van der Waals surface area contributed by atoms with Crippen molar-refractivity contribution in [1.29, 1.82) is 0 Å². The average molecular weight is 1410 g/mol. The van der Waals surface area contributed by atoms with Crippen LogP contribution >= 0.6 is 22.7 Å². The van der Waals surface area contributed by atoms with E-state index in [2.05, 4.69) is 337 Å². The Balaban J connectivity index is 0.000000130. The first-order chi connectivity index (χ1) is 53.6. The summed E-state index contributed by atoms with van der Waals surface area (Å²) in [7, 11) is 0. The van der Waals surface area contributed by atoms with Gasteiger partial charge < -0.3 is 0 Å². The molecule has 108 heavy (non-hydrogen) atoms. The Hall–Kier alpha value is -13.8. The maximum Gasteiger partial charge on any atom is 0.162 e. The summed E-state index contributed by atoms with van der Waals surface area (Å²) in [6.07, 6.45) is 3.70. The molecule has 0 aliphatic rings. The van der Waals surface area contributed by atoms with Crippen LogP contribution in [0.1, 0.15) is 0 Å². The molecule has 500 valence electrons. The van der Waals surface area contributed by atoms with E-state index >= 15 is 0 Å². The summed E-state index contributed by atoms with van der Waals surface area (Å²) >= 11 is 3.77. The summed E-state index contributed by atoms with van der Waals surface area (Å²) in [5.74, 6) is 1.72. The Morgan fingerprint density at radius 1 is 0.213 bits per heavy atom. The van der Waals surface area contributed by atoms with Gasteiger partial charge in [-0.3, -0.25) is 9.13 Å². The molecular weight excluding hydrogens is 1350 g/mol. The maximum atomic E-state index is 5.39. The number of hydrogen-bond acceptors (Lipinski definition) is 6. The van der Waals surface area contributed by atoms with Gasteiger partial charge in [-0.25, -0.2) is 19.9 Å². The van der Waals surface area contributed by atoms with Crippen molar-refractivity contribution in [3.63, 3.8) is 0 Å². The number of aromatic nitrogens is 6. The molecule has 0 N–H and O–H groups in total. The van der Waals surface area contributed by atoms with Gasteiger partial charge in [-0.05, 0) is 154 Å². The van der Waals surface area contributed by atoms with Crippen LogP contribution in [0.15, 0.2) is 352 Å². The molecule has 0 saturated carbocycles. The molecule has 24 rings (SSSR count). The van der Waals surface area contributed by atoms with Crippen LogP contribution in [0.2, 0.25) is 0 Å². The quantitative estimate of drug-likeness (QED) is 0.156. The van der Waals surface area contributed by atoms with Crippen molar-refractivity contribution in [3.8, 4) is 56.1 Å². The Labute approximate surface area is 626 Å². The fourth-order valence-corrected chi connectivity index (χ4v) is 20.4. The molecule has 0 amide bonds. The van der Waals surface area contributed by atoms with Crippen LogP contribution in [0, 0.1) is 0 Å². The molecule has 8 heterocycles. The van der Waals surface area contributed by atoms with Crippen LogP contribution in [0.4, 0.5) is 0 Å². The predicted molar refractivity (Wildman–Crippen MR) is 460 cm³/mol. The van der Waals surface area contributed by atoms with Crippen LogP contribution in [0.25, 0.3) is 227 Å². The minimum Gasteiger partial charge on any atom is -0.292 e. The van der Waals surface area contributed by atoms with Gasteiger partial charge in [0, 0.05) is 97.2 Å². The zero-order valence-corrected chi connectivity index (χ0v) is 59.6. The number of rotatable bonds is 6. The second-order valence-corrected chi connectivity index (χ2v) is 30.2. The predicted octanol–water partition coefficient (Wildman–Crippen LogP) is 27.8. The van der Waals surface area contributed by atoms with E-state index in [1.165, 1.54) is 160 Å². The Morgan fingerprint density at radius 2 is 0.537 bits per heavy atom. The zero-order valence-electron chi connectivity index (χ0n) is 58.0. The molecule has 0 bridgehead atoms. The molecule has 8 aromatic heterocycles. The maximum absolute atomic E-state index is 5.39. The van der Waals surface area contributed by atoms with E-state index in [9.17, 15) is 0 Å². The first-order valence-corrected chi connectivity index (χ1v) is 38.3. The standard InChI is InChI=1S/2C50H29N3S/c1-2-14-30(15-3-1)31-16-12-17-32(28-31)40-29-43(52-50-37(40)24-13-27-51-50)53-41-25-10-8-22-38(41)46-44-35-20-6-4-18-33(35)34-19-5-7-21-36(34)45(44)47-39-23-9-11-26-42(39)54-49(47)48(46)53;1-2-13-30(14-3-1)31-24-26-32(27-25-31)40-29-43(52-50-37(40)21-12-28-51-50)53-41-22-10-8-19-38(41)46-44-35-17-6-4-15-33(35)34-16-5-7-18-36(34)45(44)47-39-20-9-11-23-42(39)54-49(47)48(46)53/h2*1-29H. The largest absolute Gasteiger partial charge is 0.292 e.